The number of aryl methyl sites for hydroxylation is 1. The first kappa shape index (κ1) is 12.2. The van der Waals surface area contributed by atoms with Crippen molar-refractivity contribution in [1.29, 1.82) is 0 Å². The summed E-state index contributed by atoms with van der Waals surface area (Å²) in [5.41, 5.74) is 1.89. The highest BCUT2D eigenvalue weighted by molar-refractivity contribution is 5.49. The molecule has 0 N–H and O–H groups in total. The van der Waals surface area contributed by atoms with Gasteiger partial charge in [-0.05, 0) is 30.2 Å². The Bertz CT molecular complexity index is 405. The summed E-state index contributed by atoms with van der Waals surface area (Å²) in [4.78, 5) is 0. The lowest BCUT2D eigenvalue weighted by Crippen LogP contribution is -2.48. The predicted molar refractivity (Wildman–Crippen MR) is 63.8 cm³/mol. The number of rotatable bonds is 4. The zero-order chi connectivity index (χ0) is 12.5. The minimum atomic E-state index is -0.330. The van der Waals surface area contributed by atoms with E-state index in [0.717, 1.165) is 22.6 Å². The Morgan fingerprint density at radius 1 is 1.06 bits per heavy atom. The van der Waals surface area contributed by atoms with Gasteiger partial charge in [0.1, 0.15) is 5.60 Å². The van der Waals surface area contributed by atoms with Crippen LogP contribution < -0.4 is 9.47 Å². The van der Waals surface area contributed by atoms with Gasteiger partial charge in [0, 0.05) is 7.11 Å². The van der Waals surface area contributed by atoms with Crippen molar-refractivity contribution in [3.63, 3.8) is 0 Å². The van der Waals surface area contributed by atoms with E-state index >= 15 is 0 Å². The number of benzene rings is 1. The Labute approximate surface area is 101 Å². The van der Waals surface area contributed by atoms with E-state index in [-0.39, 0.29) is 5.60 Å². The van der Waals surface area contributed by atoms with Crippen molar-refractivity contribution in [1.82, 2.24) is 0 Å². The normalized spacial score (nSPS) is 17.4. The van der Waals surface area contributed by atoms with E-state index in [2.05, 4.69) is 0 Å². The SMILES string of the molecule is COc1cc(C)c(C2(OC)COC2)cc1OC. The molecule has 0 spiro atoms. The van der Waals surface area contributed by atoms with E-state index in [1.807, 2.05) is 19.1 Å². The molecule has 0 unspecified atom stereocenters. The molecular weight excluding hydrogens is 220 g/mol. The predicted octanol–water partition coefficient (Wildman–Crippen LogP) is 1.88. The molecule has 0 bridgehead atoms. The molecule has 4 nitrogen and oxygen atoms in total. The van der Waals surface area contributed by atoms with Gasteiger partial charge in [-0.25, -0.2) is 0 Å². The second-order valence-electron chi connectivity index (χ2n) is 4.21. The van der Waals surface area contributed by atoms with Crippen LogP contribution in [0.2, 0.25) is 0 Å². The minimum absolute atomic E-state index is 0.330. The molecule has 0 amide bonds. The number of methoxy groups -OCH3 is 3. The molecule has 2 rings (SSSR count). The third-order valence-electron chi connectivity index (χ3n) is 3.28. The summed E-state index contributed by atoms with van der Waals surface area (Å²) in [7, 11) is 4.97. The summed E-state index contributed by atoms with van der Waals surface area (Å²) in [5, 5.41) is 0. The third kappa shape index (κ3) is 1.87. The molecule has 0 aromatic heterocycles. The molecule has 17 heavy (non-hydrogen) atoms. The fraction of sp³-hybridized carbons (Fsp3) is 0.538. The Morgan fingerprint density at radius 2 is 1.65 bits per heavy atom. The maximum absolute atomic E-state index is 5.59. The summed E-state index contributed by atoms with van der Waals surface area (Å²) in [6, 6.07) is 3.94. The van der Waals surface area contributed by atoms with Gasteiger partial charge in [-0.15, -0.1) is 0 Å². The first-order chi connectivity index (χ1) is 8.16. The van der Waals surface area contributed by atoms with Gasteiger partial charge in [0.15, 0.2) is 11.5 Å². The van der Waals surface area contributed by atoms with E-state index in [1.54, 1.807) is 21.3 Å². The highest BCUT2D eigenvalue weighted by Crippen LogP contribution is 2.40. The lowest BCUT2D eigenvalue weighted by atomic mass is 9.88. The fourth-order valence-corrected chi connectivity index (χ4v) is 2.14. The van der Waals surface area contributed by atoms with Gasteiger partial charge < -0.3 is 18.9 Å². The molecule has 1 heterocycles. The maximum Gasteiger partial charge on any atom is 0.161 e. The Hall–Kier alpha value is -1.26. The largest absolute Gasteiger partial charge is 0.493 e. The lowest BCUT2D eigenvalue weighted by molar-refractivity contribution is -0.202. The molecule has 0 radical (unpaired) electrons. The van der Waals surface area contributed by atoms with Crippen molar-refractivity contribution < 1.29 is 18.9 Å². The summed E-state index contributed by atoms with van der Waals surface area (Å²) in [5.74, 6) is 1.46. The van der Waals surface area contributed by atoms with E-state index in [1.165, 1.54) is 0 Å². The first-order valence-corrected chi connectivity index (χ1v) is 5.53. The van der Waals surface area contributed by atoms with Crippen LogP contribution >= 0.6 is 0 Å². The van der Waals surface area contributed by atoms with Gasteiger partial charge in [0.25, 0.3) is 0 Å². The number of hydrogen-bond donors (Lipinski definition) is 0. The summed E-state index contributed by atoms with van der Waals surface area (Å²) < 4.78 is 21.5. The molecule has 0 saturated carbocycles. The third-order valence-corrected chi connectivity index (χ3v) is 3.28. The molecular formula is C13H18O4. The summed E-state index contributed by atoms with van der Waals surface area (Å²) in [6.45, 7) is 3.20. The topological polar surface area (TPSA) is 36.9 Å². The Morgan fingerprint density at radius 3 is 2.06 bits per heavy atom. The Kier molecular flexibility index (Phi) is 3.26. The van der Waals surface area contributed by atoms with Gasteiger partial charge in [0.2, 0.25) is 0 Å². The van der Waals surface area contributed by atoms with E-state index in [9.17, 15) is 0 Å². The van der Waals surface area contributed by atoms with Gasteiger partial charge in [-0.3, -0.25) is 0 Å². The zero-order valence-electron chi connectivity index (χ0n) is 10.7. The van der Waals surface area contributed by atoms with Crippen molar-refractivity contribution >= 4 is 0 Å². The van der Waals surface area contributed by atoms with Crippen LogP contribution in [0.4, 0.5) is 0 Å². The molecule has 4 heteroatoms. The van der Waals surface area contributed by atoms with Gasteiger partial charge in [-0.1, -0.05) is 0 Å². The molecule has 94 valence electrons. The van der Waals surface area contributed by atoms with Crippen LogP contribution in [-0.2, 0) is 15.1 Å². The second kappa shape index (κ2) is 4.55. The molecule has 1 aromatic carbocycles. The molecule has 1 saturated heterocycles. The Balaban J connectivity index is 2.47. The van der Waals surface area contributed by atoms with Gasteiger partial charge in [-0.2, -0.15) is 0 Å². The van der Waals surface area contributed by atoms with Gasteiger partial charge >= 0.3 is 0 Å². The summed E-state index contributed by atoms with van der Waals surface area (Å²) >= 11 is 0. The van der Waals surface area contributed by atoms with Crippen molar-refractivity contribution in [2.45, 2.75) is 12.5 Å². The summed E-state index contributed by atoms with van der Waals surface area (Å²) in [6.07, 6.45) is 0. The zero-order valence-corrected chi connectivity index (χ0v) is 10.7. The highest BCUT2D eigenvalue weighted by Gasteiger charge is 2.42. The van der Waals surface area contributed by atoms with Crippen LogP contribution in [0.3, 0.4) is 0 Å². The second-order valence-corrected chi connectivity index (χ2v) is 4.21. The fourth-order valence-electron chi connectivity index (χ4n) is 2.14. The lowest BCUT2D eigenvalue weighted by Gasteiger charge is -2.41. The molecule has 1 aromatic rings. The van der Waals surface area contributed by atoms with Crippen LogP contribution in [0.5, 0.6) is 11.5 Å². The smallest absolute Gasteiger partial charge is 0.161 e. The number of hydrogen-bond acceptors (Lipinski definition) is 4. The first-order valence-electron chi connectivity index (χ1n) is 5.53. The van der Waals surface area contributed by atoms with E-state index < -0.39 is 0 Å². The maximum atomic E-state index is 5.59. The number of ether oxygens (including phenoxy) is 4. The van der Waals surface area contributed by atoms with Crippen LogP contribution in [0.1, 0.15) is 11.1 Å². The van der Waals surface area contributed by atoms with Crippen LogP contribution in [-0.4, -0.2) is 34.5 Å². The average molecular weight is 238 g/mol. The van der Waals surface area contributed by atoms with E-state index in [0.29, 0.717) is 13.2 Å². The average Bonchev–Trinajstić information content (AvgIpc) is 2.29. The van der Waals surface area contributed by atoms with Crippen LogP contribution in [0.25, 0.3) is 0 Å². The van der Waals surface area contributed by atoms with Crippen molar-refractivity contribution in [2.75, 3.05) is 34.5 Å². The standard InChI is InChI=1S/C13H18O4/c1-9-5-11(14-2)12(15-3)6-10(9)13(16-4)7-17-8-13/h5-6H,7-8H2,1-4H3. The molecule has 0 aliphatic carbocycles. The van der Waals surface area contributed by atoms with Crippen molar-refractivity contribution in [2.24, 2.45) is 0 Å². The quantitative estimate of drug-likeness (QED) is 0.802. The van der Waals surface area contributed by atoms with Crippen LogP contribution in [0, 0.1) is 6.92 Å². The van der Waals surface area contributed by atoms with E-state index in [4.69, 9.17) is 18.9 Å². The molecule has 1 aliphatic heterocycles. The van der Waals surface area contributed by atoms with Gasteiger partial charge in [0.05, 0.1) is 27.4 Å². The van der Waals surface area contributed by atoms with Crippen molar-refractivity contribution in [3.05, 3.63) is 23.3 Å². The van der Waals surface area contributed by atoms with Crippen LogP contribution in [0.15, 0.2) is 12.1 Å². The monoisotopic (exact) mass is 238 g/mol. The molecule has 1 fully saturated rings. The highest BCUT2D eigenvalue weighted by atomic mass is 16.6. The minimum Gasteiger partial charge on any atom is -0.493 e. The molecule has 0 atom stereocenters. The molecule has 1 aliphatic rings. The van der Waals surface area contributed by atoms with Crippen molar-refractivity contribution in [3.8, 4) is 11.5 Å².